The van der Waals surface area contributed by atoms with E-state index in [1.54, 1.807) is 0 Å². The van der Waals surface area contributed by atoms with E-state index in [-0.39, 0.29) is 5.60 Å². The molecule has 1 saturated heterocycles. The van der Waals surface area contributed by atoms with Crippen molar-refractivity contribution in [2.45, 2.75) is 38.3 Å². The minimum Gasteiger partial charge on any atom is -0.387 e. The zero-order chi connectivity index (χ0) is 12.0. The van der Waals surface area contributed by atoms with Crippen LogP contribution in [-0.2, 0) is 20.0 Å². The topological polar surface area (TPSA) is 41.3 Å². The normalized spacial score (nSPS) is 23.7. The lowest BCUT2D eigenvalue weighted by atomic mass is 9.88. The molecule has 0 radical (unpaired) electrons. The third-order valence-electron chi connectivity index (χ3n) is 4.11. The third-order valence-corrected chi connectivity index (χ3v) is 4.11. The number of hydrogen-bond donors (Lipinski definition) is 1. The van der Waals surface area contributed by atoms with Gasteiger partial charge >= 0.3 is 0 Å². The molecule has 0 atom stereocenters. The van der Waals surface area contributed by atoms with Crippen LogP contribution in [0.2, 0.25) is 0 Å². The van der Waals surface area contributed by atoms with Crippen molar-refractivity contribution in [3.05, 3.63) is 17.5 Å². The van der Waals surface area contributed by atoms with Gasteiger partial charge in [-0.3, -0.25) is 9.58 Å². The number of β-amino-alcohol motifs (C(OH)–C–C–N with tert-alkyl or cyclic N) is 1. The second-order valence-corrected chi connectivity index (χ2v) is 5.63. The molecule has 0 unspecified atom stereocenters. The second kappa shape index (κ2) is 3.82. The summed E-state index contributed by atoms with van der Waals surface area (Å²) in [6.07, 6.45) is 3.42. The van der Waals surface area contributed by atoms with Crippen molar-refractivity contribution in [2.24, 2.45) is 13.0 Å². The van der Waals surface area contributed by atoms with Gasteiger partial charge in [0, 0.05) is 26.7 Å². The average Bonchev–Trinajstić information content (AvgIpc) is 3.03. The average molecular weight is 235 g/mol. The standard InChI is InChI=1S/C13H21N3O/c1-3-11-6-12(15(2)14-11)7-16-8-13(17,9-16)10-4-5-10/h6,10,17H,3-5,7-9H2,1-2H3. The summed E-state index contributed by atoms with van der Waals surface area (Å²) >= 11 is 0. The maximum Gasteiger partial charge on any atom is 0.0928 e. The molecule has 94 valence electrons. The molecule has 1 aromatic heterocycles. The lowest BCUT2D eigenvalue weighted by Crippen LogP contribution is -2.62. The Morgan fingerprint density at radius 3 is 2.71 bits per heavy atom. The Balaban J connectivity index is 1.59. The molecule has 4 heteroatoms. The molecular weight excluding hydrogens is 214 g/mol. The van der Waals surface area contributed by atoms with Crippen LogP contribution in [0.1, 0.15) is 31.2 Å². The summed E-state index contributed by atoms with van der Waals surface area (Å²) in [5, 5.41) is 14.7. The maximum atomic E-state index is 10.3. The van der Waals surface area contributed by atoms with Crippen LogP contribution in [0.25, 0.3) is 0 Å². The van der Waals surface area contributed by atoms with Crippen molar-refractivity contribution < 1.29 is 5.11 Å². The summed E-state index contributed by atoms with van der Waals surface area (Å²) in [6.45, 7) is 4.72. The van der Waals surface area contributed by atoms with Gasteiger partial charge in [0.2, 0.25) is 0 Å². The number of rotatable bonds is 4. The first-order chi connectivity index (χ1) is 8.10. The van der Waals surface area contributed by atoms with Crippen LogP contribution >= 0.6 is 0 Å². The number of aryl methyl sites for hydroxylation is 2. The Morgan fingerprint density at radius 1 is 1.47 bits per heavy atom. The molecule has 0 spiro atoms. The predicted octanol–water partition coefficient (Wildman–Crippen LogP) is 0.939. The predicted molar refractivity (Wildman–Crippen MR) is 65.5 cm³/mol. The molecule has 1 aliphatic carbocycles. The van der Waals surface area contributed by atoms with E-state index in [9.17, 15) is 5.11 Å². The minimum absolute atomic E-state index is 0.369. The van der Waals surface area contributed by atoms with E-state index in [0.29, 0.717) is 5.92 Å². The molecule has 1 saturated carbocycles. The van der Waals surface area contributed by atoms with Crippen molar-refractivity contribution in [1.82, 2.24) is 14.7 Å². The van der Waals surface area contributed by atoms with Crippen molar-refractivity contribution >= 4 is 0 Å². The van der Waals surface area contributed by atoms with Gasteiger partial charge in [-0.25, -0.2) is 0 Å². The van der Waals surface area contributed by atoms with E-state index >= 15 is 0 Å². The zero-order valence-electron chi connectivity index (χ0n) is 10.7. The van der Waals surface area contributed by atoms with E-state index in [2.05, 4.69) is 23.0 Å². The third kappa shape index (κ3) is 2.00. The highest BCUT2D eigenvalue weighted by molar-refractivity contribution is 5.13. The van der Waals surface area contributed by atoms with Gasteiger partial charge in [-0.1, -0.05) is 6.92 Å². The van der Waals surface area contributed by atoms with Gasteiger partial charge in [0.05, 0.1) is 17.0 Å². The molecule has 3 rings (SSSR count). The fourth-order valence-electron chi connectivity index (χ4n) is 2.84. The molecule has 1 aromatic rings. The number of nitrogens with zero attached hydrogens (tertiary/aromatic N) is 3. The van der Waals surface area contributed by atoms with Crippen LogP contribution in [0.5, 0.6) is 0 Å². The highest BCUT2D eigenvalue weighted by Crippen LogP contribution is 2.44. The molecular formula is C13H21N3O. The van der Waals surface area contributed by atoms with Crippen molar-refractivity contribution in [3.8, 4) is 0 Å². The quantitative estimate of drug-likeness (QED) is 0.844. The van der Waals surface area contributed by atoms with Crippen LogP contribution in [0.3, 0.4) is 0 Å². The van der Waals surface area contributed by atoms with Gasteiger partial charge in [-0.2, -0.15) is 5.10 Å². The summed E-state index contributed by atoms with van der Waals surface area (Å²) in [5.41, 5.74) is 2.03. The summed E-state index contributed by atoms with van der Waals surface area (Å²) in [7, 11) is 2.00. The smallest absolute Gasteiger partial charge is 0.0928 e. The molecule has 2 fully saturated rings. The van der Waals surface area contributed by atoms with E-state index in [1.165, 1.54) is 18.5 Å². The van der Waals surface area contributed by atoms with Gasteiger partial charge < -0.3 is 5.11 Å². The SMILES string of the molecule is CCc1cc(CN2CC(O)(C3CC3)C2)n(C)n1. The van der Waals surface area contributed by atoms with Crippen LogP contribution in [0.15, 0.2) is 6.07 Å². The second-order valence-electron chi connectivity index (χ2n) is 5.63. The highest BCUT2D eigenvalue weighted by atomic mass is 16.3. The van der Waals surface area contributed by atoms with E-state index in [4.69, 9.17) is 0 Å². The first-order valence-corrected chi connectivity index (χ1v) is 6.57. The van der Waals surface area contributed by atoms with E-state index in [1.807, 2.05) is 11.7 Å². The number of hydrogen-bond acceptors (Lipinski definition) is 3. The Hall–Kier alpha value is -0.870. The fourth-order valence-corrected chi connectivity index (χ4v) is 2.84. The van der Waals surface area contributed by atoms with Gasteiger partial charge in [0.1, 0.15) is 0 Å². The van der Waals surface area contributed by atoms with Gasteiger partial charge in [0.15, 0.2) is 0 Å². The molecule has 2 aliphatic rings. The molecule has 4 nitrogen and oxygen atoms in total. The largest absolute Gasteiger partial charge is 0.387 e. The van der Waals surface area contributed by atoms with Gasteiger partial charge in [-0.15, -0.1) is 0 Å². The minimum atomic E-state index is -0.369. The number of aromatic nitrogens is 2. The van der Waals surface area contributed by atoms with Crippen molar-refractivity contribution in [2.75, 3.05) is 13.1 Å². The first kappa shape index (κ1) is 11.2. The van der Waals surface area contributed by atoms with E-state index < -0.39 is 0 Å². The fraction of sp³-hybridized carbons (Fsp3) is 0.769. The summed E-state index contributed by atoms with van der Waals surface area (Å²) in [4.78, 5) is 2.31. The zero-order valence-corrected chi connectivity index (χ0v) is 10.7. The molecule has 1 N–H and O–H groups in total. The highest BCUT2D eigenvalue weighted by Gasteiger charge is 2.51. The van der Waals surface area contributed by atoms with Crippen LogP contribution in [0.4, 0.5) is 0 Å². The summed E-state index contributed by atoms with van der Waals surface area (Å²) < 4.78 is 1.97. The molecule has 0 amide bonds. The van der Waals surface area contributed by atoms with Crippen LogP contribution < -0.4 is 0 Å². The molecule has 0 aromatic carbocycles. The molecule has 0 bridgehead atoms. The molecule has 2 heterocycles. The Morgan fingerprint density at radius 2 is 2.18 bits per heavy atom. The Labute approximate surface area is 102 Å². The lowest BCUT2D eigenvalue weighted by molar-refractivity contribution is -0.117. The van der Waals surface area contributed by atoms with Gasteiger partial charge in [-0.05, 0) is 31.2 Å². The van der Waals surface area contributed by atoms with E-state index in [0.717, 1.165) is 31.7 Å². The monoisotopic (exact) mass is 235 g/mol. The Bertz CT molecular complexity index is 416. The summed E-state index contributed by atoms with van der Waals surface area (Å²) in [5.74, 6) is 0.580. The number of aliphatic hydroxyl groups is 1. The first-order valence-electron chi connectivity index (χ1n) is 6.57. The molecule has 1 aliphatic heterocycles. The maximum absolute atomic E-state index is 10.3. The Kier molecular flexibility index (Phi) is 2.52. The number of likely N-dealkylation sites (tertiary alicyclic amines) is 1. The molecule has 17 heavy (non-hydrogen) atoms. The van der Waals surface area contributed by atoms with Crippen LogP contribution in [0, 0.1) is 5.92 Å². The lowest BCUT2D eigenvalue weighted by Gasteiger charge is -2.47. The summed E-state index contributed by atoms with van der Waals surface area (Å²) in [6, 6.07) is 2.18. The van der Waals surface area contributed by atoms with Gasteiger partial charge in [0.25, 0.3) is 0 Å². The van der Waals surface area contributed by atoms with Crippen molar-refractivity contribution in [3.63, 3.8) is 0 Å². The van der Waals surface area contributed by atoms with Crippen molar-refractivity contribution in [1.29, 1.82) is 0 Å². The van der Waals surface area contributed by atoms with Crippen LogP contribution in [-0.4, -0.2) is 38.5 Å².